The minimum Gasteiger partial charge on any atom is -0.465 e. The zero-order valence-corrected chi connectivity index (χ0v) is 16.3. The number of benzene rings is 1. The van der Waals surface area contributed by atoms with Crippen molar-refractivity contribution in [1.29, 1.82) is 0 Å². The van der Waals surface area contributed by atoms with Crippen LogP contribution in [0.3, 0.4) is 0 Å². The summed E-state index contributed by atoms with van der Waals surface area (Å²) in [6.45, 7) is 3.65. The number of amides is 1. The molecule has 0 radical (unpaired) electrons. The molecular weight excluding hydrogens is 356 g/mol. The predicted octanol–water partition coefficient (Wildman–Crippen LogP) is 1.89. The van der Waals surface area contributed by atoms with Crippen molar-refractivity contribution in [2.75, 3.05) is 37.3 Å². The number of ether oxygens (including phenoxy) is 1. The molecule has 0 aromatic heterocycles. The van der Waals surface area contributed by atoms with E-state index in [1.54, 1.807) is 12.1 Å². The highest BCUT2D eigenvalue weighted by Gasteiger charge is 2.24. The molecule has 1 aliphatic heterocycles. The second-order valence-electron chi connectivity index (χ2n) is 6.71. The minimum absolute atomic E-state index is 0.0311. The number of likely N-dealkylation sites (tertiary alicyclic amines) is 1. The second-order valence-corrected chi connectivity index (χ2v) is 8.62. The zero-order chi connectivity index (χ0) is 19.3. The summed E-state index contributed by atoms with van der Waals surface area (Å²) in [4.78, 5) is 25.8. The quantitative estimate of drug-likeness (QED) is 0.702. The molecule has 26 heavy (non-hydrogen) atoms. The first-order chi connectivity index (χ1) is 12.2. The number of hydrogen-bond donors (Lipinski definition) is 0. The molecule has 2 rings (SSSR count). The lowest BCUT2D eigenvalue weighted by Gasteiger charge is -2.31. The van der Waals surface area contributed by atoms with Gasteiger partial charge in [-0.2, -0.15) is 0 Å². The number of carbonyl (C=O) groups excluding carboxylic acids is 2. The van der Waals surface area contributed by atoms with Gasteiger partial charge in [0.25, 0.3) is 0 Å². The van der Waals surface area contributed by atoms with E-state index < -0.39 is 16.0 Å². The Kier molecular flexibility index (Phi) is 6.63. The van der Waals surface area contributed by atoms with Gasteiger partial charge in [-0.1, -0.05) is 6.92 Å². The van der Waals surface area contributed by atoms with Gasteiger partial charge >= 0.3 is 5.97 Å². The Morgan fingerprint density at radius 2 is 1.92 bits per heavy atom. The summed E-state index contributed by atoms with van der Waals surface area (Å²) in [5.41, 5.74) is 0.753. The highest BCUT2D eigenvalue weighted by molar-refractivity contribution is 7.92. The summed E-state index contributed by atoms with van der Waals surface area (Å²) >= 11 is 0. The Bertz CT molecular complexity index is 745. The fourth-order valence-corrected chi connectivity index (χ4v) is 4.07. The molecule has 1 fully saturated rings. The van der Waals surface area contributed by atoms with Gasteiger partial charge in [0, 0.05) is 26.1 Å². The van der Waals surface area contributed by atoms with Crippen LogP contribution in [0.25, 0.3) is 0 Å². The first kappa shape index (κ1) is 20.2. The number of methoxy groups -OCH3 is 1. The van der Waals surface area contributed by atoms with Crippen molar-refractivity contribution in [3.8, 4) is 0 Å². The lowest BCUT2D eigenvalue weighted by molar-refractivity contribution is -0.132. The molecule has 1 unspecified atom stereocenters. The molecule has 7 nitrogen and oxygen atoms in total. The van der Waals surface area contributed by atoms with E-state index in [-0.39, 0.29) is 18.9 Å². The molecule has 1 aromatic rings. The van der Waals surface area contributed by atoms with E-state index >= 15 is 0 Å². The standard InChI is InChI=1S/C18H26N2O5S/c1-14-5-4-11-19(13-14)17(21)10-12-20(26(3,23)24)16-8-6-15(7-9-16)18(22)25-2/h6-9,14H,4-5,10-13H2,1-3H3. The van der Waals surface area contributed by atoms with Crippen LogP contribution in [0.4, 0.5) is 5.69 Å². The predicted molar refractivity (Wildman–Crippen MR) is 99.6 cm³/mol. The Balaban J connectivity index is 2.08. The maximum Gasteiger partial charge on any atom is 0.337 e. The first-order valence-electron chi connectivity index (χ1n) is 8.66. The van der Waals surface area contributed by atoms with Gasteiger partial charge in [-0.05, 0) is 43.0 Å². The van der Waals surface area contributed by atoms with Crippen LogP contribution in [0, 0.1) is 5.92 Å². The third kappa shape index (κ3) is 5.20. The maximum atomic E-state index is 12.4. The number of nitrogens with zero attached hydrogens (tertiary/aromatic N) is 2. The number of esters is 1. The van der Waals surface area contributed by atoms with Crippen molar-refractivity contribution >= 4 is 27.6 Å². The molecule has 0 N–H and O–H groups in total. The molecule has 0 aliphatic carbocycles. The summed E-state index contributed by atoms with van der Waals surface area (Å²) < 4.78 is 30.1. The van der Waals surface area contributed by atoms with E-state index in [2.05, 4.69) is 11.7 Å². The molecule has 0 spiro atoms. The van der Waals surface area contributed by atoms with Gasteiger partial charge in [0.05, 0.1) is 24.6 Å². The smallest absolute Gasteiger partial charge is 0.337 e. The average molecular weight is 382 g/mol. The average Bonchev–Trinajstić information content (AvgIpc) is 2.60. The van der Waals surface area contributed by atoms with Crippen molar-refractivity contribution in [3.05, 3.63) is 29.8 Å². The van der Waals surface area contributed by atoms with Crippen molar-refractivity contribution in [2.45, 2.75) is 26.2 Å². The molecule has 1 saturated heterocycles. The molecule has 1 heterocycles. The van der Waals surface area contributed by atoms with Crippen molar-refractivity contribution < 1.29 is 22.7 Å². The first-order valence-corrected chi connectivity index (χ1v) is 10.5. The number of sulfonamides is 1. The Labute approximate surface area is 155 Å². The van der Waals surface area contributed by atoms with E-state index in [4.69, 9.17) is 0 Å². The van der Waals surface area contributed by atoms with Crippen LogP contribution in [0.1, 0.15) is 36.5 Å². The number of hydrogen-bond acceptors (Lipinski definition) is 5. The van der Waals surface area contributed by atoms with Gasteiger partial charge in [-0.25, -0.2) is 13.2 Å². The van der Waals surface area contributed by atoms with Crippen LogP contribution in [0.5, 0.6) is 0 Å². The molecule has 1 aromatic carbocycles. The monoisotopic (exact) mass is 382 g/mol. The number of anilines is 1. The van der Waals surface area contributed by atoms with Crippen LogP contribution >= 0.6 is 0 Å². The highest BCUT2D eigenvalue weighted by Crippen LogP contribution is 2.21. The molecule has 144 valence electrons. The summed E-state index contributed by atoms with van der Waals surface area (Å²) in [6, 6.07) is 6.10. The highest BCUT2D eigenvalue weighted by atomic mass is 32.2. The Morgan fingerprint density at radius 1 is 1.27 bits per heavy atom. The molecule has 1 aliphatic rings. The maximum absolute atomic E-state index is 12.4. The van der Waals surface area contributed by atoms with Crippen LogP contribution in [-0.4, -0.2) is 58.2 Å². The van der Waals surface area contributed by atoms with Gasteiger partial charge < -0.3 is 9.64 Å². The van der Waals surface area contributed by atoms with Gasteiger partial charge in [-0.15, -0.1) is 0 Å². The minimum atomic E-state index is -3.55. The molecule has 8 heteroatoms. The number of rotatable bonds is 6. The third-order valence-electron chi connectivity index (χ3n) is 4.52. The van der Waals surface area contributed by atoms with Crippen molar-refractivity contribution in [3.63, 3.8) is 0 Å². The third-order valence-corrected chi connectivity index (χ3v) is 5.71. The summed E-state index contributed by atoms with van der Waals surface area (Å²) in [5.74, 6) is -0.0437. The summed E-state index contributed by atoms with van der Waals surface area (Å²) in [6.07, 6.45) is 3.33. The molecular formula is C18H26N2O5S. The summed E-state index contributed by atoms with van der Waals surface area (Å²) in [5, 5.41) is 0. The van der Waals surface area contributed by atoms with Crippen LogP contribution < -0.4 is 4.31 Å². The SMILES string of the molecule is COC(=O)c1ccc(N(CCC(=O)N2CCCC(C)C2)S(C)(=O)=O)cc1. The molecule has 1 atom stereocenters. The zero-order valence-electron chi connectivity index (χ0n) is 15.5. The van der Waals surface area contributed by atoms with Gasteiger partial charge in [0.2, 0.25) is 15.9 Å². The lowest BCUT2D eigenvalue weighted by atomic mass is 10.00. The Hall–Kier alpha value is -2.09. The van der Waals surface area contributed by atoms with E-state index in [9.17, 15) is 18.0 Å². The van der Waals surface area contributed by atoms with Crippen molar-refractivity contribution in [2.24, 2.45) is 5.92 Å². The van der Waals surface area contributed by atoms with Gasteiger partial charge in [0.15, 0.2) is 0 Å². The van der Waals surface area contributed by atoms with E-state index in [0.29, 0.717) is 17.2 Å². The van der Waals surface area contributed by atoms with Crippen LogP contribution in [0.15, 0.2) is 24.3 Å². The van der Waals surface area contributed by atoms with Gasteiger partial charge in [0.1, 0.15) is 0 Å². The van der Waals surface area contributed by atoms with Crippen LogP contribution in [-0.2, 0) is 19.6 Å². The largest absolute Gasteiger partial charge is 0.465 e. The van der Waals surface area contributed by atoms with E-state index in [0.717, 1.165) is 32.2 Å². The lowest BCUT2D eigenvalue weighted by Crippen LogP contribution is -2.41. The molecule has 1 amide bonds. The van der Waals surface area contributed by atoms with Crippen LogP contribution in [0.2, 0.25) is 0 Å². The van der Waals surface area contributed by atoms with Gasteiger partial charge in [-0.3, -0.25) is 9.10 Å². The normalized spacial score (nSPS) is 17.7. The Morgan fingerprint density at radius 3 is 2.46 bits per heavy atom. The molecule has 0 bridgehead atoms. The number of piperidine rings is 1. The van der Waals surface area contributed by atoms with Crippen molar-refractivity contribution in [1.82, 2.24) is 4.90 Å². The number of carbonyl (C=O) groups is 2. The summed E-state index contributed by atoms with van der Waals surface area (Å²) in [7, 11) is -2.26. The topological polar surface area (TPSA) is 84.0 Å². The second kappa shape index (κ2) is 8.53. The fourth-order valence-electron chi connectivity index (χ4n) is 3.14. The van der Waals surface area contributed by atoms with E-state index in [1.165, 1.54) is 23.5 Å². The van der Waals surface area contributed by atoms with E-state index in [1.807, 2.05) is 4.90 Å². The fraction of sp³-hybridized carbons (Fsp3) is 0.556. The molecule has 0 saturated carbocycles.